The molecule has 0 spiro atoms. The Bertz CT molecular complexity index is 2030. The molecule has 13 heteroatoms. The number of sulfonamides is 1. The van der Waals surface area contributed by atoms with Crippen molar-refractivity contribution in [3.63, 3.8) is 0 Å². The number of nitrogens with one attached hydrogen (secondary N) is 1. The van der Waals surface area contributed by atoms with E-state index < -0.39 is 39.5 Å². The Kier molecular flexibility index (Phi) is 12.9. The number of nitroso groups, excluding NO2 is 1. The first kappa shape index (κ1) is 40.5. The molecule has 5 rings (SSSR count). The number of carbonyl (C=O) groups is 2. The van der Waals surface area contributed by atoms with E-state index in [1.165, 1.54) is 16.4 Å². The van der Waals surface area contributed by atoms with Crippen LogP contribution < -0.4 is 5.32 Å². The topological polar surface area (TPSA) is 153 Å². The van der Waals surface area contributed by atoms with E-state index in [9.17, 15) is 28.0 Å². The second-order valence-corrected chi connectivity index (χ2v) is 17.6. The Morgan fingerprint density at radius 3 is 2.28 bits per heavy atom. The number of urea groups is 1. The van der Waals surface area contributed by atoms with Gasteiger partial charge in [0.2, 0.25) is 15.9 Å². The van der Waals surface area contributed by atoms with Crippen molar-refractivity contribution in [2.75, 3.05) is 26.2 Å². The highest BCUT2D eigenvalue weighted by atomic mass is 32.2. The summed E-state index contributed by atoms with van der Waals surface area (Å²) in [5.74, 6) is -0.503. The molecule has 0 aliphatic carbocycles. The minimum Gasteiger partial charge on any atom is -0.390 e. The van der Waals surface area contributed by atoms with Gasteiger partial charge in [0.1, 0.15) is 12.6 Å². The largest absolute Gasteiger partial charge is 0.390 e. The number of rotatable bonds is 16. The van der Waals surface area contributed by atoms with Gasteiger partial charge in [0.15, 0.2) is 0 Å². The van der Waals surface area contributed by atoms with Crippen LogP contribution in [0.1, 0.15) is 57.0 Å². The first-order valence-electron chi connectivity index (χ1n) is 18.4. The number of aliphatic hydroxyl groups is 1. The number of hydrogen-bond donors (Lipinski definition) is 2. The summed E-state index contributed by atoms with van der Waals surface area (Å²) in [6, 6.07) is 23.1. The number of aromatic nitrogens is 1. The van der Waals surface area contributed by atoms with Gasteiger partial charge in [0, 0.05) is 43.8 Å². The molecule has 1 saturated heterocycles. The van der Waals surface area contributed by atoms with Crippen molar-refractivity contribution in [1.82, 2.24) is 24.4 Å². The number of aryl methyl sites for hydroxylation is 1. The fraction of sp³-hybridized carbons (Fsp3) is 0.439. The lowest BCUT2D eigenvalue weighted by Gasteiger charge is -2.38. The number of pyridine rings is 1. The van der Waals surface area contributed by atoms with Crippen LogP contribution in [0.25, 0.3) is 10.9 Å². The standard InChI is InChI=1S/C41H52N6O6S/c1-28(2)25-46(54(52,53)33-18-16-31(17-19-33)24-42-51)27-37(48)36(23-30-12-8-7-9-13-30)44-39(49)38(41(4,5)6)47-21-20-45(40(47)50)26-32-22-29(3)43-35-15-11-10-14-34(32)35/h7-19,22,28,36-38,48H,20-21,23-27H2,1-6H3,(H,44,49)/t36-,37+,38+/m0/s1. The summed E-state index contributed by atoms with van der Waals surface area (Å²) in [6.45, 7) is 12.3. The molecule has 2 heterocycles. The first-order valence-corrected chi connectivity index (χ1v) is 19.8. The van der Waals surface area contributed by atoms with Crippen LogP contribution in [-0.4, -0.2) is 88.9 Å². The van der Waals surface area contributed by atoms with Gasteiger partial charge in [0.05, 0.1) is 22.6 Å². The molecule has 288 valence electrons. The van der Waals surface area contributed by atoms with Crippen molar-refractivity contribution in [1.29, 1.82) is 0 Å². The van der Waals surface area contributed by atoms with E-state index in [0.717, 1.165) is 27.7 Å². The van der Waals surface area contributed by atoms with Crippen molar-refractivity contribution < 1.29 is 23.1 Å². The van der Waals surface area contributed by atoms with Crippen LogP contribution >= 0.6 is 0 Å². The molecule has 0 saturated carbocycles. The van der Waals surface area contributed by atoms with Crippen LogP contribution in [0.4, 0.5) is 4.79 Å². The van der Waals surface area contributed by atoms with Crippen molar-refractivity contribution in [3.05, 3.63) is 112 Å². The number of fused-ring (bicyclic) bond motifs is 1. The van der Waals surface area contributed by atoms with Gasteiger partial charge in [-0.3, -0.25) is 9.78 Å². The number of nitrogens with zero attached hydrogens (tertiary/aromatic N) is 5. The quantitative estimate of drug-likeness (QED) is 0.135. The van der Waals surface area contributed by atoms with Gasteiger partial charge in [-0.25, -0.2) is 13.2 Å². The van der Waals surface area contributed by atoms with Crippen LogP contribution in [0.15, 0.2) is 95.0 Å². The van der Waals surface area contributed by atoms with Gasteiger partial charge in [-0.2, -0.15) is 9.21 Å². The lowest BCUT2D eigenvalue weighted by atomic mass is 9.84. The zero-order valence-electron chi connectivity index (χ0n) is 32.0. The molecule has 0 unspecified atom stereocenters. The van der Waals surface area contributed by atoms with Gasteiger partial charge in [-0.1, -0.05) is 100 Å². The van der Waals surface area contributed by atoms with Crippen LogP contribution in [0.2, 0.25) is 0 Å². The fourth-order valence-electron chi connectivity index (χ4n) is 7.14. The highest BCUT2D eigenvalue weighted by Crippen LogP contribution is 2.30. The van der Waals surface area contributed by atoms with Crippen LogP contribution in [-0.2, 0) is 34.3 Å². The normalized spacial score (nSPS) is 15.5. The Balaban J connectivity index is 1.40. The summed E-state index contributed by atoms with van der Waals surface area (Å²) >= 11 is 0. The van der Waals surface area contributed by atoms with Gasteiger partial charge in [-0.15, -0.1) is 0 Å². The molecule has 1 aromatic heterocycles. The van der Waals surface area contributed by atoms with Crippen molar-refractivity contribution >= 4 is 32.9 Å². The van der Waals surface area contributed by atoms with Gasteiger partial charge in [0.25, 0.3) is 0 Å². The molecule has 4 aromatic rings. The molecule has 1 fully saturated rings. The van der Waals surface area contributed by atoms with Gasteiger partial charge < -0.3 is 20.2 Å². The summed E-state index contributed by atoms with van der Waals surface area (Å²) in [4.78, 5) is 47.3. The predicted octanol–water partition coefficient (Wildman–Crippen LogP) is 5.90. The van der Waals surface area contributed by atoms with Gasteiger partial charge in [-0.05, 0) is 65.6 Å². The average Bonchev–Trinajstić information content (AvgIpc) is 3.45. The second-order valence-electron chi connectivity index (χ2n) is 15.6. The van der Waals surface area contributed by atoms with Crippen LogP contribution in [0.3, 0.4) is 0 Å². The Morgan fingerprint density at radius 1 is 0.963 bits per heavy atom. The zero-order chi connectivity index (χ0) is 39.2. The number of hydrogen-bond acceptors (Lipinski definition) is 8. The summed E-state index contributed by atoms with van der Waals surface area (Å²) in [6.07, 6.45) is -1.09. The van der Waals surface area contributed by atoms with E-state index >= 15 is 0 Å². The minimum absolute atomic E-state index is 0.0217. The summed E-state index contributed by atoms with van der Waals surface area (Å²) in [7, 11) is -4.08. The molecule has 3 atom stereocenters. The number of para-hydroxylation sites is 1. The number of benzene rings is 3. The van der Waals surface area contributed by atoms with E-state index in [2.05, 4.69) is 15.5 Å². The maximum atomic E-state index is 14.5. The van der Waals surface area contributed by atoms with Crippen LogP contribution in [0.5, 0.6) is 0 Å². The first-order chi connectivity index (χ1) is 25.6. The number of amides is 3. The molecule has 3 aromatic carbocycles. The maximum absolute atomic E-state index is 14.5. The SMILES string of the molecule is Cc1cc(CN2CCN([C@H](C(=O)N[C@@H](Cc3ccccc3)[C@H](O)CN(CC(C)C)S(=O)(=O)c3ccc(CN=O)cc3)C(C)(C)C)C2=O)c2ccccc2n1. The number of carbonyl (C=O) groups excluding carboxylic acids is 2. The molecular weight excluding hydrogens is 705 g/mol. The second kappa shape index (κ2) is 17.2. The molecule has 54 heavy (non-hydrogen) atoms. The van der Waals surface area contributed by atoms with E-state index in [1.807, 2.05) is 102 Å². The number of aliphatic hydroxyl groups excluding tert-OH is 1. The highest BCUT2D eigenvalue weighted by molar-refractivity contribution is 7.89. The molecule has 0 radical (unpaired) electrons. The van der Waals surface area contributed by atoms with E-state index in [-0.39, 0.29) is 42.9 Å². The molecule has 12 nitrogen and oxygen atoms in total. The lowest BCUT2D eigenvalue weighted by molar-refractivity contribution is -0.130. The molecule has 2 N–H and O–H groups in total. The monoisotopic (exact) mass is 756 g/mol. The van der Waals surface area contributed by atoms with Gasteiger partial charge >= 0.3 is 6.03 Å². The third-order valence-electron chi connectivity index (χ3n) is 9.66. The molecule has 1 aliphatic heterocycles. The molecule has 0 bridgehead atoms. The summed E-state index contributed by atoms with van der Waals surface area (Å²) in [5, 5.41) is 18.8. The van der Waals surface area contributed by atoms with E-state index in [1.54, 1.807) is 21.9 Å². The minimum atomic E-state index is -4.08. The third-order valence-corrected chi connectivity index (χ3v) is 11.5. The lowest BCUT2D eigenvalue weighted by Crippen LogP contribution is -2.59. The molecule has 3 amide bonds. The van der Waals surface area contributed by atoms with Crippen molar-refractivity contribution in [2.45, 2.75) is 84.1 Å². The highest BCUT2D eigenvalue weighted by Gasteiger charge is 2.44. The van der Waals surface area contributed by atoms with E-state index in [4.69, 9.17) is 0 Å². The smallest absolute Gasteiger partial charge is 0.321 e. The van der Waals surface area contributed by atoms with Crippen LogP contribution in [0, 0.1) is 23.2 Å². The average molecular weight is 757 g/mol. The summed E-state index contributed by atoms with van der Waals surface area (Å²) in [5.41, 5.74) is 3.43. The third kappa shape index (κ3) is 9.68. The van der Waals surface area contributed by atoms with Crippen molar-refractivity contribution in [2.24, 2.45) is 16.5 Å². The fourth-order valence-corrected chi connectivity index (χ4v) is 8.76. The van der Waals surface area contributed by atoms with Crippen molar-refractivity contribution in [3.8, 4) is 0 Å². The zero-order valence-corrected chi connectivity index (χ0v) is 32.8. The predicted molar refractivity (Wildman–Crippen MR) is 210 cm³/mol. The summed E-state index contributed by atoms with van der Waals surface area (Å²) < 4.78 is 29.2. The van der Waals surface area contributed by atoms with E-state index in [0.29, 0.717) is 25.2 Å². The Hall–Kier alpha value is -4.72. The Labute approximate surface area is 318 Å². The maximum Gasteiger partial charge on any atom is 0.321 e. The Morgan fingerprint density at radius 2 is 1.63 bits per heavy atom. The molecular formula is C41H52N6O6S. The molecule has 1 aliphatic rings.